The molecule has 2 heterocycles. The van der Waals surface area contributed by atoms with Crippen LogP contribution in [0.4, 0.5) is 0 Å². The summed E-state index contributed by atoms with van der Waals surface area (Å²) in [7, 11) is 3.68. The van der Waals surface area contributed by atoms with Crippen LogP contribution in [0.25, 0.3) is 0 Å². The first kappa shape index (κ1) is 22.6. The molecule has 1 aliphatic heterocycles. The molecule has 8 heteroatoms. The second-order valence-corrected chi connectivity index (χ2v) is 8.16. The number of hydrogen-bond donors (Lipinski definition) is 3. The van der Waals surface area contributed by atoms with Gasteiger partial charge in [-0.3, -0.25) is 4.90 Å². The van der Waals surface area contributed by atoms with Gasteiger partial charge in [-0.2, -0.15) is 0 Å². The zero-order valence-electron chi connectivity index (χ0n) is 18.2. The van der Waals surface area contributed by atoms with E-state index in [2.05, 4.69) is 19.8 Å². The van der Waals surface area contributed by atoms with E-state index >= 15 is 0 Å². The molecule has 1 aromatic heterocycles. The van der Waals surface area contributed by atoms with E-state index < -0.39 is 6.10 Å². The Morgan fingerprint density at radius 1 is 1.30 bits per heavy atom. The van der Waals surface area contributed by atoms with Gasteiger partial charge in [0.05, 0.1) is 19.8 Å². The van der Waals surface area contributed by atoms with Crippen molar-refractivity contribution in [1.29, 1.82) is 0 Å². The van der Waals surface area contributed by atoms with E-state index in [4.69, 9.17) is 9.47 Å². The van der Waals surface area contributed by atoms with Crippen molar-refractivity contribution in [2.45, 2.75) is 45.1 Å². The largest absolute Gasteiger partial charge is 0.497 e. The lowest BCUT2D eigenvalue weighted by Gasteiger charge is -2.31. The number of β-amino-alcohol motifs (C(OH)–C–C–N with tert-alkyl or cyclic N) is 1. The summed E-state index contributed by atoms with van der Waals surface area (Å²) in [6.45, 7) is 5.73. The molecule has 1 atom stereocenters. The Hall–Kier alpha value is -2.13. The van der Waals surface area contributed by atoms with Crippen LogP contribution in [-0.4, -0.2) is 82.6 Å². The van der Waals surface area contributed by atoms with Gasteiger partial charge in [0, 0.05) is 43.6 Å². The number of nitrogens with one attached hydrogen (secondary N) is 1. The number of aliphatic hydroxyl groups is 2. The Kier molecular flexibility index (Phi) is 8.09. The fraction of sp³-hybridized carbons (Fsp3) is 0.591. The molecular formula is C22H34N4O4. The molecule has 1 aliphatic rings. The maximum absolute atomic E-state index is 10.4. The number of likely N-dealkylation sites (tertiary alicyclic amines) is 1. The van der Waals surface area contributed by atoms with Crippen LogP contribution < -0.4 is 9.47 Å². The van der Waals surface area contributed by atoms with Gasteiger partial charge >= 0.3 is 0 Å². The monoisotopic (exact) mass is 418 g/mol. The Morgan fingerprint density at radius 3 is 2.73 bits per heavy atom. The molecule has 3 N–H and O–H groups in total. The van der Waals surface area contributed by atoms with Crippen molar-refractivity contribution in [3.8, 4) is 11.5 Å². The first-order chi connectivity index (χ1) is 14.4. The third-order valence-electron chi connectivity index (χ3n) is 5.34. The summed E-state index contributed by atoms with van der Waals surface area (Å²) < 4.78 is 11.4. The Labute approximate surface area is 178 Å². The quantitative estimate of drug-likeness (QED) is 0.539. The number of methoxy groups -OCH3 is 1. The maximum atomic E-state index is 10.4. The number of aliphatic hydroxyl groups excluding tert-OH is 2. The highest BCUT2D eigenvalue weighted by molar-refractivity contribution is 5.40. The minimum atomic E-state index is -0.584. The third kappa shape index (κ3) is 6.70. The second-order valence-electron chi connectivity index (χ2n) is 8.16. The lowest BCUT2D eigenvalue weighted by Crippen LogP contribution is -2.41. The van der Waals surface area contributed by atoms with E-state index in [9.17, 15) is 10.2 Å². The first-order valence-electron chi connectivity index (χ1n) is 10.5. The molecule has 0 radical (unpaired) electrons. The number of imidazole rings is 1. The van der Waals surface area contributed by atoms with Crippen molar-refractivity contribution in [3.63, 3.8) is 0 Å². The summed E-state index contributed by atoms with van der Waals surface area (Å²) >= 11 is 0. The van der Waals surface area contributed by atoms with Crippen LogP contribution in [0.1, 0.15) is 29.9 Å². The maximum Gasteiger partial charge on any atom is 0.124 e. The van der Waals surface area contributed by atoms with Gasteiger partial charge in [0.1, 0.15) is 30.0 Å². The molecule has 1 aromatic carbocycles. The highest BCUT2D eigenvalue weighted by Gasteiger charge is 2.20. The van der Waals surface area contributed by atoms with Crippen molar-refractivity contribution in [3.05, 3.63) is 41.5 Å². The van der Waals surface area contributed by atoms with Crippen LogP contribution in [0.3, 0.4) is 0 Å². The van der Waals surface area contributed by atoms with Gasteiger partial charge in [0.25, 0.3) is 0 Å². The molecule has 0 amide bonds. The summed E-state index contributed by atoms with van der Waals surface area (Å²) in [5.74, 6) is 2.43. The molecule has 1 saturated heterocycles. The smallest absolute Gasteiger partial charge is 0.124 e. The lowest BCUT2D eigenvalue weighted by molar-refractivity contribution is 0.0335. The minimum Gasteiger partial charge on any atom is -0.497 e. The fourth-order valence-electron chi connectivity index (χ4n) is 3.74. The van der Waals surface area contributed by atoms with Crippen LogP contribution in [0.5, 0.6) is 11.5 Å². The van der Waals surface area contributed by atoms with Crippen LogP contribution in [0.2, 0.25) is 0 Å². The van der Waals surface area contributed by atoms with Crippen molar-refractivity contribution in [2.24, 2.45) is 0 Å². The van der Waals surface area contributed by atoms with Crippen molar-refractivity contribution in [2.75, 3.05) is 40.4 Å². The molecule has 30 heavy (non-hydrogen) atoms. The number of benzene rings is 1. The van der Waals surface area contributed by atoms with Gasteiger partial charge in [0.2, 0.25) is 0 Å². The number of ether oxygens (including phenoxy) is 2. The lowest BCUT2D eigenvalue weighted by atomic mass is 10.1. The van der Waals surface area contributed by atoms with E-state index in [0.717, 1.165) is 54.5 Å². The molecule has 1 fully saturated rings. The number of rotatable bonds is 10. The van der Waals surface area contributed by atoms with Crippen LogP contribution in [-0.2, 0) is 13.1 Å². The molecule has 2 aromatic rings. The van der Waals surface area contributed by atoms with Crippen molar-refractivity contribution >= 4 is 0 Å². The van der Waals surface area contributed by atoms with Gasteiger partial charge in [-0.05, 0) is 45.0 Å². The molecule has 0 bridgehead atoms. The van der Waals surface area contributed by atoms with E-state index in [1.165, 1.54) is 0 Å². The number of H-pyrrole nitrogens is 1. The van der Waals surface area contributed by atoms with E-state index in [-0.39, 0.29) is 12.7 Å². The van der Waals surface area contributed by atoms with Gasteiger partial charge in [-0.25, -0.2) is 4.98 Å². The first-order valence-corrected chi connectivity index (χ1v) is 10.5. The zero-order valence-corrected chi connectivity index (χ0v) is 18.2. The molecule has 8 nitrogen and oxygen atoms in total. The number of aryl methyl sites for hydroxylation is 1. The average molecular weight is 419 g/mol. The summed E-state index contributed by atoms with van der Waals surface area (Å²) in [5, 5.41) is 20.0. The summed E-state index contributed by atoms with van der Waals surface area (Å²) in [4.78, 5) is 11.9. The molecule has 166 valence electrons. The van der Waals surface area contributed by atoms with Gasteiger partial charge in [-0.1, -0.05) is 0 Å². The van der Waals surface area contributed by atoms with Gasteiger partial charge in [-0.15, -0.1) is 0 Å². The molecule has 0 spiro atoms. The number of nitrogens with zero attached hydrogens (tertiary/aromatic N) is 3. The number of aromatic nitrogens is 2. The minimum absolute atomic E-state index is 0.210. The predicted molar refractivity (Wildman–Crippen MR) is 115 cm³/mol. The third-order valence-corrected chi connectivity index (χ3v) is 5.34. The topological polar surface area (TPSA) is 94.1 Å². The van der Waals surface area contributed by atoms with Crippen molar-refractivity contribution in [1.82, 2.24) is 19.8 Å². The Morgan fingerprint density at radius 2 is 2.07 bits per heavy atom. The van der Waals surface area contributed by atoms with E-state index in [1.54, 1.807) is 7.11 Å². The summed E-state index contributed by atoms with van der Waals surface area (Å²) in [5.41, 5.74) is 2.04. The number of hydrogen-bond acceptors (Lipinski definition) is 7. The molecule has 3 rings (SSSR count). The van der Waals surface area contributed by atoms with E-state index in [0.29, 0.717) is 19.6 Å². The van der Waals surface area contributed by atoms with Crippen molar-refractivity contribution < 1.29 is 19.7 Å². The fourth-order valence-corrected chi connectivity index (χ4v) is 3.74. The Balaban J connectivity index is 1.57. The number of aromatic amines is 1. The van der Waals surface area contributed by atoms with Crippen LogP contribution in [0.15, 0.2) is 24.4 Å². The highest BCUT2D eigenvalue weighted by atomic mass is 16.5. The van der Waals surface area contributed by atoms with Gasteiger partial charge in [0.15, 0.2) is 0 Å². The SMILES string of the molecule is COc1ccc(OC[C@H](O)CN2CCC(O)CC2)c(CN(C)Cc2ncc(C)[nH]2)c1. The highest BCUT2D eigenvalue weighted by Crippen LogP contribution is 2.26. The second kappa shape index (κ2) is 10.8. The standard InChI is InChI=1S/C22H34N4O4/c1-16-11-23-22(24-16)14-25(2)12-17-10-20(29-3)4-5-21(17)30-15-19(28)13-26-8-6-18(27)7-9-26/h4-5,10-11,18-19,27-28H,6-9,12-15H2,1-3H3,(H,23,24)/t19-/m1/s1. The normalized spacial score (nSPS) is 16.7. The van der Waals surface area contributed by atoms with Gasteiger partial charge < -0.3 is 29.6 Å². The number of piperidine rings is 1. The molecule has 0 aliphatic carbocycles. The average Bonchev–Trinajstić information content (AvgIpc) is 3.13. The molecular weight excluding hydrogens is 384 g/mol. The summed E-state index contributed by atoms with van der Waals surface area (Å²) in [6, 6.07) is 5.73. The predicted octanol–water partition coefficient (Wildman–Crippen LogP) is 1.56. The van der Waals surface area contributed by atoms with E-state index in [1.807, 2.05) is 38.4 Å². The Bertz CT molecular complexity index is 789. The molecule has 0 unspecified atom stereocenters. The van der Waals surface area contributed by atoms with Crippen LogP contribution in [0, 0.1) is 6.92 Å². The summed E-state index contributed by atoms with van der Waals surface area (Å²) in [6.07, 6.45) is 2.56. The molecule has 0 saturated carbocycles. The zero-order chi connectivity index (χ0) is 21.5. The van der Waals surface area contributed by atoms with Crippen LogP contribution >= 0.6 is 0 Å².